The molecule has 0 aliphatic carbocycles. The summed E-state index contributed by atoms with van der Waals surface area (Å²) in [7, 11) is 0. The summed E-state index contributed by atoms with van der Waals surface area (Å²) >= 11 is 0. The fourth-order valence-electron chi connectivity index (χ4n) is 3.20. The Morgan fingerprint density at radius 2 is 1.71 bits per heavy atom. The largest absolute Gasteiger partial charge is 0.462 e. The van der Waals surface area contributed by atoms with Crippen LogP contribution in [0.5, 0.6) is 0 Å². The Morgan fingerprint density at radius 3 is 2.08 bits per heavy atom. The Bertz CT molecular complexity index is 432. The van der Waals surface area contributed by atoms with Crippen LogP contribution in [-0.4, -0.2) is 36.6 Å². The minimum absolute atomic E-state index is 0.205. The first kappa shape index (κ1) is 21.4. The Balaban J connectivity index is 2.74. The highest BCUT2D eigenvalue weighted by molar-refractivity contribution is 5.77. The maximum Gasteiger partial charge on any atom is 0.312 e. The van der Waals surface area contributed by atoms with Gasteiger partial charge in [0.05, 0.1) is 12.0 Å². The van der Waals surface area contributed by atoms with E-state index in [4.69, 9.17) is 19.9 Å². The Kier molecular flexibility index (Phi) is 6.51. The van der Waals surface area contributed by atoms with Crippen LogP contribution in [0.1, 0.15) is 74.7 Å². The zero-order chi connectivity index (χ0) is 18.8. The van der Waals surface area contributed by atoms with E-state index in [9.17, 15) is 4.79 Å². The lowest BCUT2D eigenvalue weighted by Gasteiger charge is -2.43. The fourth-order valence-corrected chi connectivity index (χ4v) is 3.20. The second-order valence-electron chi connectivity index (χ2n) is 9.01. The van der Waals surface area contributed by atoms with Crippen LogP contribution in [0.2, 0.25) is 0 Å². The standard InChI is InChI=1S/C19H37NO4/c1-9-19(10-2)23-12-14(24-19)11-22-15(21)18(8,16(3,4)5)13-17(6,7)20/h14H,9-13,20H2,1-8H3. The van der Waals surface area contributed by atoms with Gasteiger partial charge in [-0.05, 0) is 45.4 Å². The molecule has 0 saturated carbocycles. The van der Waals surface area contributed by atoms with Crippen molar-refractivity contribution in [2.45, 2.75) is 92.1 Å². The van der Waals surface area contributed by atoms with Crippen molar-refractivity contribution in [1.29, 1.82) is 0 Å². The molecular formula is C19H37NO4. The molecule has 0 bridgehead atoms. The number of ether oxygens (including phenoxy) is 3. The number of carbonyl (C=O) groups is 1. The van der Waals surface area contributed by atoms with Crippen LogP contribution in [0.3, 0.4) is 0 Å². The first-order chi connectivity index (χ1) is 10.8. The van der Waals surface area contributed by atoms with Crippen molar-refractivity contribution in [2.75, 3.05) is 13.2 Å². The van der Waals surface area contributed by atoms with Crippen molar-refractivity contribution in [3.05, 3.63) is 0 Å². The first-order valence-electron chi connectivity index (χ1n) is 9.06. The number of rotatable bonds is 7. The molecule has 5 heteroatoms. The number of carbonyl (C=O) groups excluding carboxylic acids is 1. The highest BCUT2D eigenvalue weighted by atomic mass is 16.8. The van der Waals surface area contributed by atoms with E-state index in [1.165, 1.54) is 0 Å². The summed E-state index contributed by atoms with van der Waals surface area (Å²) in [6, 6.07) is 0. The molecule has 0 aromatic heterocycles. The van der Waals surface area contributed by atoms with Gasteiger partial charge in [0.1, 0.15) is 12.7 Å². The zero-order valence-corrected chi connectivity index (χ0v) is 16.8. The maximum atomic E-state index is 12.9. The van der Waals surface area contributed by atoms with Gasteiger partial charge in [-0.3, -0.25) is 4.79 Å². The average Bonchev–Trinajstić information content (AvgIpc) is 2.86. The minimum Gasteiger partial charge on any atom is -0.462 e. The third kappa shape index (κ3) is 4.93. The topological polar surface area (TPSA) is 70.8 Å². The molecule has 2 N–H and O–H groups in total. The number of nitrogens with two attached hydrogens (primary N) is 1. The van der Waals surface area contributed by atoms with Crippen LogP contribution in [0, 0.1) is 10.8 Å². The number of hydrogen-bond acceptors (Lipinski definition) is 5. The van der Waals surface area contributed by atoms with Gasteiger partial charge < -0.3 is 19.9 Å². The lowest BCUT2D eigenvalue weighted by molar-refractivity contribution is -0.184. The highest BCUT2D eigenvalue weighted by Gasteiger charge is 2.48. The molecule has 1 heterocycles. The summed E-state index contributed by atoms with van der Waals surface area (Å²) in [6.07, 6.45) is 1.92. The number of hydrogen-bond donors (Lipinski definition) is 1. The van der Waals surface area contributed by atoms with Gasteiger partial charge in [0.2, 0.25) is 0 Å². The summed E-state index contributed by atoms with van der Waals surface area (Å²) in [4.78, 5) is 12.9. The molecule has 24 heavy (non-hydrogen) atoms. The van der Waals surface area contributed by atoms with Crippen molar-refractivity contribution < 1.29 is 19.0 Å². The molecule has 0 aromatic rings. The van der Waals surface area contributed by atoms with Crippen LogP contribution >= 0.6 is 0 Å². The minimum atomic E-state index is -0.669. The quantitative estimate of drug-likeness (QED) is 0.715. The maximum absolute atomic E-state index is 12.9. The summed E-state index contributed by atoms with van der Waals surface area (Å²) in [5, 5.41) is 0. The average molecular weight is 344 g/mol. The smallest absolute Gasteiger partial charge is 0.312 e. The fraction of sp³-hybridized carbons (Fsp3) is 0.947. The molecule has 0 aromatic carbocycles. The first-order valence-corrected chi connectivity index (χ1v) is 9.06. The summed E-state index contributed by atoms with van der Waals surface area (Å²) in [5.74, 6) is -0.744. The van der Waals surface area contributed by atoms with E-state index in [0.29, 0.717) is 13.0 Å². The van der Waals surface area contributed by atoms with Gasteiger partial charge in [-0.25, -0.2) is 0 Å². The van der Waals surface area contributed by atoms with Crippen LogP contribution < -0.4 is 5.73 Å². The molecule has 2 atom stereocenters. The van der Waals surface area contributed by atoms with Gasteiger partial charge in [0.15, 0.2) is 5.79 Å². The molecule has 0 radical (unpaired) electrons. The summed E-state index contributed by atoms with van der Waals surface area (Å²) in [5.41, 5.74) is 4.81. The van der Waals surface area contributed by atoms with Crippen molar-refractivity contribution >= 4 is 5.97 Å². The van der Waals surface area contributed by atoms with E-state index in [1.54, 1.807) is 0 Å². The molecule has 1 rings (SSSR count). The summed E-state index contributed by atoms with van der Waals surface area (Å²) in [6.45, 7) is 16.7. The molecule has 1 saturated heterocycles. The van der Waals surface area contributed by atoms with E-state index in [2.05, 4.69) is 0 Å². The normalized spacial score (nSPS) is 23.8. The van der Waals surface area contributed by atoms with E-state index < -0.39 is 16.7 Å². The molecule has 0 spiro atoms. The van der Waals surface area contributed by atoms with Crippen LogP contribution in [0.15, 0.2) is 0 Å². The highest BCUT2D eigenvalue weighted by Crippen LogP contribution is 2.45. The molecule has 142 valence electrons. The van der Waals surface area contributed by atoms with E-state index in [0.717, 1.165) is 12.8 Å². The van der Waals surface area contributed by atoms with E-state index in [-0.39, 0.29) is 24.1 Å². The van der Waals surface area contributed by atoms with Gasteiger partial charge >= 0.3 is 5.97 Å². The van der Waals surface area contributed by atoms with Crippen LogP contribution in [-0.2, 0) is 19.0 Å². The second-order valence-corrected chi connectivity index (χ2v) is 9.01. The van der Waals surface area contributed by atoms with Crippen molar-refractivity contribution in [3.63, 3.8) is 0 Å². The Labute approximate surface area is 147 Å². The lowest BCUT2D eigenvalue weighted by atomic mass is 9.63. The van der Waals surface area contributed by atoms with Gasteiger partial charge in [0, 0.05) is 5.54 Å². The second kappa shape index (κ2) is 7.30. The van der Waals surface area contributed by atoms with E-state index >= 15 is 0 Å². The molecule has 1 aliphatic heterocycles. The van der Waals surface area contributed by atoms with Gasteiger partial charge in [-0.2, -0.15) is 0 Å². The van der Waals surface area contributed by atoms with Gasteiger partial charge in [0.25, 0.3) is 0 Å². The predicted octanol–water partition coefficient (Wildman–Crippen LogP) is 3.64. The van der Waals surface area contributed by atoms with Gasteiger partial charge in [-0.1, -0.05) is 34.6 Å². The molecule has 5 nitrogen and oxygen atoms in total. The molecule has 2 unspecified atom stereocenters. The molecular weight excluding hydrogens is 306 g/mol. The third-order valence-electron chi connectivity index (χ3n) is 5.31. The lowest BCUT2D eigenvalue weighted by Crippen LogP contribution is -2.49. The Hall–Kier alpha value is -0.650. The zero-order valence-electron chi connectivity index (χ0n) is 16.8. The van der Waals surface area contributed by atoms with Crippen molar-refractivity contribution in [3.8, 4) is 0 Å². The Morgan fingerprint density at radius 1 is 1.17 bits per heavy atom. The SMILES string of the molecule is CCC1(CC)OCC(COC(=O)C(C)(CC(C)(C)N)C(C)(C)C)O1. The predicted molar refractivity (Wildman–Crippen MR) is 95.5 cm³/mol. The van der Waals surface area contributed by atoms with E-state index in [1.807, 2.05) is 55.4 Å². The monoisotopic (exact) mass is 343 g/mol. The van der Waals surface area contributed by atoms with Gasteiger partial charge in [-0.15, -0.1) is 0 Å². The summed E-state index contributed by atoms with van der Waals surface area (Å²) < 4.78 is 17.4. The molecule has 0 amide bonds. The number of esters is 1. The van der Waals surface area contributed by atoms with Crippen molar-refractivity contribution in [2.24, 2.45) is 16.6 Å². The van der Waals surface area contributed by atoms with Crippen LogP contribution in [0.4, 0.5) is 0 Å². The molecule has 1 fully saturated rings. The molecule has 1 aliphatic rings. The third-order valence-corrected chi connectivity index (χ3v) is 5.31. The van der Waals surface area contributed by atoms with Crippen molar-refractivity contribution in [1.82, 2.24) is 0 Å². The van der Waals surface area contributed by atoms with Crippen LogP contribution in [0.25, 0.3) is 0 Å².